The highest BCUT2D eigenvalue weighted by Gasteiger charge is 2.26. The van der Waals surface area contributed by atoms with E-state index in [1.54, 1.807) is 0 Å². The minimum Gasteiger partial charge on any atom is -0.247 e. The fraction of sp³-hybridized carbons (Fsp3) is 1.00. The summed E-state index contributed by atoms with van der Waals surface area (Å²) in [5, 5.41) is 0. The molecule has 0 aromatic rings. The fourth-order valence-electron chi connectivity index (χ4n) is 1.33. The molecule has 0 bridgehead atoms. The Morgan fingerprint density at radius 3 is 1.90 bits per heavy atom. The third-order valence-electron chi connectivity index (χ3n) is 2.06. The van der Waals surface area contributed by atoms with Crippen LogP contribution in [-0.4, -0.2) is 12.6 Å². The van der Waals surface area contributed by atoms with Gasteiger partial charge in [0.1, 0.15) is 6.17 Å². The van der Waals surface area contributed by atoms with Crippen LogP contribution in [0.5, 0.6) is 0 Å². The maximum atomic E-state index is 12.4. The summed E-state index contributed by atoms with van der Waals surface area (Å²) in [6, 6.07) is 0. The predicted molar refractivity (Wildman–Crippen MR) is 32.9 cm³/mol. The molecule has 0 spiro atoms. The second kappa shape index (κ2) is 3.26. The lowest BCUT2D eigenvalue weighted by Crippen LogP contribution is -2.20. The van der Waals surface area contributed by atoms with Crippen LogP contribution in [0.4, 0.5) is 13.2 Å². The number of halogens is 3. The minimum atomic E-state index is -2.24. The van der Waals surface area contributed by atoms with Crippen LogP contribution in [0.25, 0.3) is 0 Å². The second-order valence-electron chi connectivity index (χ2n) is 2.85. The summed E-state index contributed by atoms with van der Waals surface area (Å²) >= 11 is 0. The largest absolute Gasteiger partial charge is 0.247 e. The van der Waals surface area contributed by atoms with Gasteiger partial charge in [-0.15, -0.1) is 0 Å². The van der Waals surface area contributed by atoms with Crippen molar-refractivity contribution in [3.8, 4) is 0 Å². The molecular weight excluding hydrogens is 141 g/mol. The van der Waals surface area contributed by atoms with Gasteiger partial charge in [0.2, 0.25) is 6.43 Å². The molecule has 1 aliphatic rings. The SMILES string of the molecule is FC1CCC(C(F)F)CC1. The van der Waals surface area contributed by atoms with Crippen LogP contribution in [0, 0.1) is 5.92 Å². The van der Waals surface area contributed by atoms with Crippen molar-refractivity contribution in [1.82, 2.24) is 0 Å². The van der Waals surface area contributed by atoms with Crippen molar-refractivity contribution in [2.45, 2.75) is 38.3 Å². The van der Waals surface area contributed by atoms with E-state index in [0.29, 0.717) is 25.7 Å². The van der Waals surface area contributed by atoms with Gasteiger partial charge in [0.05, 0.1) is 0 Å². The van der Waals surface area contributed by atoms with E-state index in [0.717, 1.165) is 0 Å². The Kier molecular flexibility index (Phi) is 2.57. The molecule has 0 atom stereocenters. The summed E-state index contributed by atoms with van der Waals surface area (Å²) in [7, 11) is 0. The van der Waals surface area contributed by atoms with Crippen LogP contribution in [-0.2, 0) is 0 Å². The zero-order valence-corrected chi connectivity index (χ0v) is 5.69. The minimum absolute atomic E-state index is 0.328. The summed E-state index contributed by atoms with van der Waals surface area (Å²) in [5.41, 5.74) is 0. The molecule has 3 heteroatoms. The van der Waals surface area contributed by atoms with E-state index in [2.05, 4.69) is 0 Å². The molecule has 10 heavy (non-hydrogen) atoms. The molecule has 0 saturated heterocycles. The maximum Gasteiger partial charge on any atom is 0.241 e. The van der Waals surface area contributed by atoms with Gasteiger partial charge in [-0.3, -0.25) is 0 Å². The molecule has 0 radical (unpaired) electrons. The zero-order valence-electron chi connectivity index (χ0n) is 5.69. The van der Waals surface area contributed by atoms with E-state index >= 15 is 0 Å². The highest BCUT2D eigenvalue weighted by Crippen LogP contribution is 2.30. The third-order valence-corrected chi connectivity index (χ3v) is 2.06. The topological polar surface area (TPSA) is 0 Å². The second-order valence-corrected chi connectivity index (χ2v) is 2.85. The van der Waals surface area contributed by atoms with Crippen LogP contribution < -0.4 is 0 Å². The van der Waals surface area contributed by atoms with E-state index in [4.69, 9.17) is 0 Å². The molecule has 60 valence electrons. The van der Waals surface area contributed by atoms with Gasteiger partial charge < -0.3 is 0 Å². The Morgan fingerprint density at radius 1 is 1.00 bits per heavy atom. The van der Waals surface area contributed by atoms with Gasteiger partial charge in [0.25, 0.3) is 0 Å². The number of alkyl halides is 3. The maximum absolute atomic E-state index is 12.4. The molecule has 1 rings (SSSR count). The lowest BCUT2D eigenvalue weighted by Gasteiger charge is -2.22. The van der Waals surface area contributed by atoms with E-state index in [9.17, 15) is 13.2 Å². The zero-order chi connectivity index (χ0) is 7.56. The van der Waals surface area contributed by atoms with Crippen molar-refractivity contribution >= 4 is 0 Å². The first-order valence-electron chi connectivity index (χ1n) is 3.62. The predicted octanol–water partition coefficient (Wildman–Crippen LogP) is 2.78. The first-order valence-corrected chi connectivity index (χ1v) is 3.62. The fourth-order valence-corrected chi connectivity index (χ4v) is 1.33. The van der Waals surface area contributed by atoms with Gasteiger partial charge in [-0.2, -0.15) is 0 Å². The molecule has 0 aromatic carbocycles. The van der Waals surface area contributed by atoms with Crippen LogP contribution >= 0.6 is 0 Å². The van der Waals surface area contributed by atoms with Crippen LogP contribution in [0.1, 0.15) is 25.7 Å². The van der Waals surface area contributed by atoms with E-state index in [-0.39, 0.29) is 0 Å². The Morgan fingerprint density at radius 2 is 1.50 bits per heavy atom. The van der Waals surface area contributed by atoms with Crippen molar-refractivity contribution in [3.05, 3.63) is 0 Å². The summed E-state index contributed by atoms with van der Waals surface area (Å²) in [6.45, 7) is 0. The molecular formula is C7H11F3. The Hall–Kier alpha value is -0.210. The molecule has 1 fully saturated rings. The van der Waals surface area contributed by atoms with E-state index < -0.39 is 18.5 Å². The van der Waals surface area contributed by atoms with Gasteiger partial charge in [0, 0.05) is 5.92 Å². The highest BCUT2D eigenvalue weighted by molar-refractivity contribution is 4.72. The molecule has 0 heterocycles. The molecule has 0 aromatic heterocycles. The lowest BCUT2D eigenvalue weighted by atomic mass is 9.88. The van der Waals surface area contributed by atoms with Gasteiger partial charge in [0.15, 0.2) is 0 Å². The van der Waals surface area contributed by atoms with Crippen molar-refractivity contribution in [3.63, 3.8) is 0 Å². The highest BCUT2D eigenvalue weighted by atomic mass is 19.3. The molecule has 0 aliphatic heterocycles. The normalized spacial score (nSPS) is 34.8. The quantitative estimate of drug-likeness (QED) is 0.542. The van der Waals surface area contributed by atoms with Crippen LogP contribution in [0.2, 0.25) is 0 Å². The number of hydrogen-bond donors (Lipinski definition) is 0. The van der Waals surface area contributed by atoms with Crippen molar-refractivity contribution in [1.29, 1.82) is 0 Å². The summed E-state index contributed by atoms with van der Waals surface area (Å²) in [5.74, 6) is -0.535. The summed E-state index contributed by atoms with van der Waals surface area (Å²) in [4.78, 5) is 0. The Bertz CT molecular complexity index is 95.0. The molecule has 0 N–H and O–H groups in total. The number of rotatable bonds is 1. The van der Waals surface area contributed by atoms with Crippen LogP contribution in [0.3, 0.4) is 0 Å². The molecule has 0 unspecified atom stereocenters. The first kappa shape index (κ1) is 7.89. The van der Waals surface area contributed by atoms with Gasteiger partial charge in [-0.25, -0.2) is 13.2 Å². The van der Waals surface area contributed by atoms with Gasteiger partial charge in [-0.1, -0.05) is 0 Å². The standard InChI is InChI=1S/C7H11F3/c8-6-3-1-5(2-4-6)7(9)10/h5-7H,1-4H2. The first-order chi connectivity index (χ1) is 4.70. The Labute approximate surface area is 58.4 Å². The average molecular weight is 152 g/mol. The third kappa shape index (κ3) is 1.89. The van der Waals surface area contributed by atoms with Crippen LogP contribution in [0.15, 0.2) is 0 Å². The van der Waals surface area contributed by atoms with Gasteiger partial charge >= 0.3 is 0 Å². The van der Waals surface area contributed by atoms with E-state index in [1.807, 2.05) is 0 Å². The molecule has 1 aliphatic carbocycles. The smallest absolute Gasteiger partial charge is 0.241 e. The van der Waals surface area contributed by atoms with Crippen molar-refractivity contribution in [2.24, 2.45) is 5.92 Å². The summed E-state index contributed by atoms with van der Waals surface area (Å²) < 4.78 is 36.2. The lowest BCUT2D eigenvalue weighted by molar-refractivity contribution is 0.0413. The van der Waals surface area contributed by atoms with Crippen molar-refractivity contribution in [2.75, 3.05) is 0 Å². The molecule has 1 saturated carbocycles. The van der Waals surface area contributed by atoms with Gasteiger partial charge in [-0.05, 0) is 25.7 Å². The van der Waals surface area contributed by atoms with E-state index in [1.165, 1.54) is 0 Å². The summed E-state index contributed by atoms with van der Waals surface area (Å²) in [6.07, 6.45) is -1.69. The average Bonchev–Trinajstić information content (AvgIpc) is 1.88. The van der Waals surface area contributed by atoms with Crippen molar-refractivity contribution < 1.29 is 13.2 Å². The molecule has 0 nitrogen and oxygen atoms in total. The number of hydrogen-bond acceptors (Lipinski definition) is 0. The molecule has 0 amide bonds. The monoisotopic (exact) mass is 152 g/mol. The Balaban J connectivity index is 2.26.